The molecule has 2 aliphatic rings. The molecule has 2 amide bonds. The average molecular weight is 443 g/mol. The smallest absolute Gasteiger partial charge is 0.365 e. The van der Waals surface area contributed by atoms with Crippen molar-refractivity contribution in [2.75, 3.05) is 29.9 Å². The first-order chi connectivity index (χ1) is 14.5. The number of para-hydroxylation sites is 1. The number of fused-ring (bicyclic) bond motifs is 1. The number of carbonyl (C=O) groups excluding carboxylic acids is 1. The molecular weight excluding hydrogens is 424 g/mol. The van der Waals surface area contributed by atoms with E-state index < -0.39 is 35.2 Å². The summed E-state index contributed by atoms with van der Waals surface area (Å²) in [5.41, 5.74) is -1.15. The van der Waals surface area contributed by atoms with E-state index in [1.807, 2.05) is 18.2 Å². The van der Waals surface area contributed by atoms with Gasteiger partial charge in [0, 0.05) is 31.0 Å². The lowest BCUT2D eigenvalue weighted by atomic mass is 9.97. The molecule has 0 bridgehead atoms. The van der Waals surface area contributed by atoms with Crippen LogP contribution in [0.15, 0.2) is 42.5 Å². The molecule has 0 aliphatic carbocycles. The van der Waals surface area contributed by atoms with E-state index in [1.54, 1.807) is 0 Å². The number of hydrogen-bond acceptors (Lipinski definition) is 2. The number of carbonyl (C=O) groups is 1. The van der Waals surface area contributed by atoms with E-state index in [1.165, 1.54) is 10.5 Å². The van der Waals surface area contributed by atoms with Gasteiger partial charge in [0.1, 0.15) is 0 Å². The van der Waals surface area contributed by atoms with Crippen LogP contribution >= 0.6 is 0 Å². The number of halogens is 6. The van der Waals surface area contributed by atoms with E-state index in [0.29, 0.717) is 25.2 Å². The molecule has 4 nitrogen and oxygen atoms in total. The van der Waals surface area contributed by atoms with Gasteiger partial charge < -0.3 is 15.1 Å². The number of alkyl halides is 6. The fourth-order valence-corrected chi connectivity index (χ4v) is 3.99. The Bertz CT molecular complexity index is 950. The largest absolute Gasteiger partial charge is 0.416 e. The van der Waals surface area contributed by atoms with Crippen molar-refractivity contribution in [2.45, 2.75) is 31.2 Å². The Morgan fingerprint density at radius 2 is 1.55 bits per heavy atom. The van der Waals surface area contributed by atoms with Gasteiger partial charge in [-0.05, 0) is 42.7 Å². The van der Waals surface area contributed by atoms with E-state index in [9.17, 15) is 31.1 Å². The number of anilines is 2. The number of aryl methyl sites for hydroxylation is 1. The van der Waals surface area contributed by atoms with Crippen molar-refractivity contribution in [2.24, 2.45) is 0 Å². The normalized spacial score (nSPS) is 17.2. The highest BCUT2D eigenvalue weighted by Crippen LogP contribution is 2.38. The lowest BCUT2D eigenvalue weighted by Crippen LogP contribution is -2.62. The topological polar surface area (TPSA) is 35.6 Å². The average Bonchev–Trinajstić information content (AvgIpc) is 2.65. The third-order valence-corrected chi connectivity index (χ3v) is 5.58. The molecule has 2 aromatic carbocycles. The second kappa shape index (κ2) is 7.65. The number of rotatable bonds is 2. The Labute approximate surface area is 174 Å². The Balaban J connectivity index is 1.45. The molecular formula is C21H19F6N3O. The molecule has 10 heteroatoms. The Morgan fingerprint density at radius 3 is 2.16 bits per heavy atom. The number of nitrogens with zero attached hydrogens (tertiary/aromatic N) is 2. The van der Waals surface area contributed by atoms with Gasteiger partial charge in [-0.3, -0.25) is 0 Å². The molecule has 31 heavy (non-hydrogen) atoms. The summed E-state index contributed by atoms with van der Waals surface area (Å²) in [7, 11) is 0. The number of amides is 2. The maximum absolute atomic E-state index is 13.0. The second-order valence-corrected chi connectivity index (χ2v) is 7.71. The van der Waals surface area contributed by atoms with Crippen LogP contribution in [0.2, 0.25) is 0 Å². The summed E-state index contributed by atoms with van der Waals surface area (Å²) >= 11 is 0. The molecule has 1 N–H and O–H groups in total. The number of nitrogens with one attached hydrogen (secondary N) is 1. The molecule has 1 fully saturated rings. The summed E-state index contributed by atoms with van der Waals surface area (Å²) in [6.45, 7) is 1.51. The molecule has 2 aliphatic heterocycles. The fourth-order valence-electron chi connectivity index (χ4n) is 3.99. The highest BCUT2D eigenvalue weighted by molar-refractivity contribution is 5.90. The van der Waals surface area contributed by atoms with Crippen molar-refractivity contribution in [3.05, 3.63) is 59.2 Å². The molecule has 1 saturated heterocycles. The predicted molar refractivity (Wildman–Crippen MR) is 103 cm³/mol. The molecule has 0 spiro atoms. The van der Waals surface area contributed by atoms with Crippen LogP contribution in [0.5, 0.6) is 0 Å². The molecule has 0 unspecified atom stereocenters. The van der Waals surface area contributed by atoms with E-state index >= 15 is 0 Å². The second-order valence-electron chi connectivity index (χ2n) is 7.71. The van der Waals surface area contributed by atoms with Crippen molar-refractivity contribution in [3.8, 4) is 0 Å². The van der Waals surface area contributed by atoms with Gasteiger partial charge in [0.05, 0.1) is 17.2 Å². The summed E-state index contributed by atoms with van der Waals surface area (Å²) in [4.78, 5) is 16.0. The van der Waals surface area contributed by atoms with E-state index in [-0.39, 0.29) is 12.1 Å². The van der Waals surface area contributed by atoms with Gasteiger partial charge >= 0.3 is 18.4 Å². The Hall–Kier alpha value is -2.91. The van der Waals surface area contributed by atoms with Crippen molar-refractivity contribution in [3.63, 3.8) is 0 Å². The van der Waals surface area contributed by atoms with Crippen LogP contribution in [0, 0.1) is 0 Å². The third kappa shape index (κ3) is 4.42. The molecule has 0 saturated carbocycles. The number of likely N-dealkylation sites (tertiary alicyclic amines) is 1. The molecule has 0 aromatic heterocycles. The van der Waals surface area contributed by atoms with Crippen LogP contribution in [0.1, 0.15) is 23.1 Å². The molecule has 2 heterocycles. The fraction of sp³-hybridized carbons (Fsp3) is 0.381. The Kier molecular flexibility index (Phi) is 5.26. The van der Waals surface area contributed by atoms with Crippen molar-refractivity contribution >= 4 is 17.4 Å². The third-order valence-electron chi connectivity index (χ3n) is 5.58. The van der Waals surface area contributed by atoms with Crippen LogP contribution in [0.4, 0.5) is 42.5 Å². The zero-order valence-corrected chi connectivity index (χ0v) is 16.2. The SMILES string of the molecule is O=C(Nc1cc(C(F)(F)F)cc(C(F)(F)F)c1)N1CC(N2CCCc3ccccc32)C1. The minimum Gasteiger partial charge on any atom is -0.365 e. The summed E-state index contributed by atoms with van der Waals surface area (Å²) in [6.07, 6.45) is -7.99. The van der Waals surface area contributed by atoms with Crippen molar-refractivity contribution in [1.29, 1.82) is 0 Å². The molecule has 4 rings (SSSR count). The highest BCUT2D eigenvalue weighted by Gasteiger charge is 2.39. The number of hydrogen-bond donors (Lipinski definition) is 1. The van der Waals surface area contributed by atoms with Gasteiger partial charge in [0.25, 0.3) is 0 Å². The van der Waals surface area contributed by atoms with Gasteiger partial charge in [-0.1, -0.05) is 18.2 Å². The summed E-state index contributed by atoms with van der Waals surface area (Å²) in [6, 6.07) is 8.34. The number of benzene rings is 2. The van der Waals surface area contributed by atoms with Crippen molar-refractivity contribution in [1.82, 2.24) is 4.90 Å². The first-order valence-corrected chi connectivity index (χ1v) is 9.72. The summed E-state index contributed by atoms with van der Waals surface area (Å²) in [5.74, 6) is 0. The molecule has 2 aromatic rings. The van der Waals surface area contributed by atoms with Gasteiger partial charge in [0.2, 0.25) is 0 Å². The van der Waals surface area contributed by atoms with Gasteiger partial charge in [-0.25, -0.2) is 4.79 Å². The maximum atomic E-state index is 13.0. The monoisotopic (exact) mass is 443 g/mol. The first kappa shape index (κ1) is 21.3. The quantitative estimate of drug-likeness (QED) is 0.632. The van der Waals surface area contributed by atoms with Gasteiger partial charge in [0.15, 0.2) is 0 Å². The van der Waals surface area contributed by atoms with E-state index in [2.05, 4.69) is 16.3 Å². The first-order valence-electron chi connectivity index (χ1n) is 9.72. The van der Waals surface area contributed by atoms with Crippen molar-refractivity contribution < 1.29 is 31.1 Å². The van der Waals surface area contributed by atoms with Gasteiger partial charge in [-0.2, -0.15) is 26.3 Å². The minimum absolute atomic E-state index is 0.0309. The zero-order valence-electron chi connectivity index (χ0n) is 16.2. The predicted octanol–water partition coefficient (Wildman–Crippen LogP) is 5.39. The highest BCUT2D eigenvalue weighted by atomic mass is 19.4. The van der Waals surface area contributed by atoms with E-state index in [4.69, 9.17) is 0 Å². The van der Waals surface area contributed by atoms with Crippen LogP contribution in [0.25, 0.3) is 0 Å². The van der Waals surface area contributed by atoms with E-state index in [0.717, 1.165) is 25.1 Å². The van der Waals surface area contributed by atoms with Crippen LogP contribution in [0.3, 0.4) is 0 Å². The summed E-state index contributed by atoms with van der Waals surface area (Å²) in [5, 5.41) is 2.18. The zero-order chi connectivity index (χ0) is 22.4. The van der Waals surface area contributed by atoms with Crippen LogP contribution < -0.4 is 10.2 Å². The number of urea groups is 1. The Morgan fingerprint density at radius 1 is 0.935 bits per heavy atom. The van der Waals surface area contributed by atoms with Gasteiger partial charge in [-0.15, -0.1) is 0 Å². The van der Waals surface area contributed by atoms with Crippen LogP contribution in [-0.4, -0.2) is 36.6 Å². The molecule has 166 valence electrons. The lowest BCUT2D eigenvalue weighted by molar-refractivity contribution is -0.143. The summed E-state index contributed by atoms with van der Waals surface area (Å²) < 4.78 is 78.0. The molecule has 0 radical (unpaired) electrons. The maximum Gasteiger partial charge on any atom is 0.416 e. The minimum atomic E-state index is -4.97. The van der Waals surface area contributed by atoms with Crippen LogP contribution in [-0.2, 0) is 18.8 Å². The molecule has 0 atom stereocenters. The lowest BCUT2D eigenvalue weighted by Gasteiger charge is -2.48. The standard InChI is InChI=1S/C21H19F6N3O/c22-20(23,24)14-8-15(21(25,26)27)10-16(9-14)28-19(31)29-11-17(12-29)30-7-3-5-13-4-1-2-6-18(13)30/h1-2,4,6,8-10,17H,3,5,7,11-12H2,(H,28,31).